The molecule has 21 heavy (non-hydrogen) atoms. The van der Waals surface area contributed by atoms with Crippen molar-refractivity contribution in [2.75, 3.05) is 6.54 Å². The fourth-order valence-corrected chi connectivity index (χ4v) is 2.74. The Morgan fingerprint density at radius 3 is 2.76 bits per heavy atom. The Kier molecular flexibility index (Phi) is 5.26. The molecule has 1 aromatic heterocycles. The first-order chi connectivity index (χ1) is 10.1. The molecule has 0 fully saturated rings. The summed E-state index contributed by atoms with van der Waals surface area (Å²) in [6.45, 7) is 5.09. The van der Waals surface area contributed by atoms with Crippen LogP contribution >= 0.6 is 11.6 Å². The zero-order chi connectivity index (χ0) is 15.4. The molecule has 0 aliphatic rings. The number of ether oxygens (including phenoxy) is 1. The summed E-state index contributed by atoms with van der Waals surface area (Å²) in [5.41, 5.74) is 9.71. The maximum Gasteiger partial charge on any atom is 0.131 e. The summed E-state index contributed by atoms with van der Waals surface area (Å²) in [5, 5.41) is 5.11. The highest BCUT2D eigenvalue weighted by Crippen LogP contribution is 2.27. The summed E-state index contributed by atoms with van der Waals surface area (Å²) in [6, 6.07) is 6.12. The van der Waals surface area contributed by atoms with E-state index in [-0.39, 0.29) is 0 Å². The van der Waals surface area contributed by atoms with Gasteiger partial charge in [-0.3, -0.25) is 4.68 Å². The lowest BCUT2D eigenvalue weighted by Gasteiger charge is -2.14. The Hall–Kier alpha value is -1.52. The SMILES string of the molecule is CCc1nn(C)c(COc2c(C)cccc2CCN)c1Cl. The lowest BCUT2D eigenvalue weighted by Crippen LogP contribution is -2.08. The average Bonchev–Trinajstić information content (AvgIpc) is 2.73. The lowest BCUT2D eigenvalue weighted by molar-refractivity contribution is 0.290. The molecule has 0 amide bonds. The molecule has 2 rings (SSSR count). The largest absolute Gasteiger partial charge is 0.487 e. The molecule has 2 N–H and O–H groups in total. The van der Waals surface area contributed by atoms with E-state index in [4.69, 9.17) is 22.1 Å². The molecular formula is C16H22ClN3O. The van der Waals surface area contributed by atoms with E-state index in [0.717, 1.165) is 41.1 Å². The highest BCUT2D eigenvalue weighted by molar-refractivity contribution is 6.31. The van der Waals surface area contributed by atoms with Crippen LogP contribution in [0.5, 0.6) is 5.75 Å². The Labute approximate surface area is 130 Å². The van der Waals surface area contributed by atoms with Crippen molar-refractivity contribution in [3.8, 4) is 5.75 Å². The number of nitrogens with zero attached hydrogens (tertiary/aromatic N) is 2. The predicted octanol–water partition coefficient (Wildman–Crippen LogP) is 3.02. The normalized spacial score (nSPS) is 10.9. The van der Waals surface area contributed by atoms with Crippen LogP contribution in [0, 0.1) is 6.92 Å². The van der Waals surface area contributed by atoms with Gasteiger partial charge in [-0.15, -0.1) is 0 Å². The average molecular weight is 308 g/mol. The molecule has 0 saturated carbocycles. The summed E-state index contributed by atoms with van der Waals surface area (Å²) in [4.78, 5) is 0. The van der Waals surface area contributed by atoms with Crippen molar-refractivity contribution in [2.45, 2.75) is 33.3 Å². The van der Waals surface area contributed by atoms with Gasteiger partial charge in [0, 0.05) is 7.05 Å². The summed E-state index contributed by atoms with van der Waals surface area (Å²) in [5.74, 6) is 0.901. The minimum atomic E-state index is 0.407. The van der Waals surface area contributed by atoms with Gasteiger partial charge in [-0.25, -0.2) is 0 Å². The number of para-hydroxylation sites is 1. The first-order valence-corrected chi connectivity index (χ1v) is 7.57. The molecule has 0 radical (unpaired) electrons. The third kappa shape index (κ3) is 3.39. The molecule has 0 saturated heterocycles. The van der Waals surface area contributed by atoms with Crippen LogP contribution in [-0.2, 0) is 26.5 Å². The molecule has 1 heterocycles. The number of hydrogen-bond acceptors (Lipinski definition) is 3. The molecule has 114 valence electrons. The van der Waals surface area contributed by atoms with Crippen LogP contribution in [0.2, 0.25) is 5.02 Å². The van der Waals surface area contributed by atoms with Gasteiger partial charge in [0.2, 0.25) is 0 Å². The summed E-state index contributed by atoms with van der Waals surface area (Å²) in [6.07, 6.45) is 1.62. The van der Waals surface area contributed by atoms with Crippen LogP contribution in [0.15, 0.2) is 18.2 Å². The Bertz CT molecular complexity index is 622. The van der Waals surface area contributed by atoms with E-state index in [1.165, 1.54) is 0 Å². The van der Waals surface area contributed by atoms with Crippen molar-refractivity contribution in [3.63, 3.8) is 0 Å². The van der Waals surface area contributed by atoms with Crippen molar-refractivity contribution < 1.29 is 4.74 Å². The van der Waals surface area contributed by atoms with E-state index in [1.807, 2.05) is 33.0 Å². The Morgan fingerprint density at radius 2 is 2.14 bits per heavy atom. The van der Waals surface area contributed by atoms with Crippen LogP contribution in [0.3, 0.4) is 0 Å². The number of hydrogen-bond donors (Lipinski definition) is 1. The quantitative estimate of drug-likeness (QED) is 0.892. The molecule has 0 atom stereocenters. The molecule has 0 unspecified atom stereocenters. The molecule has 0 spiro atoms. The zero-order valence-electron chi connectivity index (χ0n) is 12.8. The summed E-state index contributed by atoms with van der Waals surface area (Å²) < 4.78 is 7.82. The topological polar surface area (TPSA) is 53.1 Å². The molecule has 1 aromatic carbocycles. The first-order valence-electron chi connectivity index (χ1n) is 7.20. The van der Waals surface area contributed by atoms with Gasteiger partial charge in [0.25, 0.3) is 0 Å². The summed E-state index contributed by atoms with van der Waals surface area (Å²) in [7, 11) is 1.89. The minimum absolute atomic E-state index is 0.407. The van der Waals surface area contributed by atoms with Gasteiger partial charge in [0.15, 0.2) is 0 Å². The molecule has 2 aromatic rings. The van der Waals surface area contributed by atoms with Crippen LogP contribution in [0.25, 0.3) is 0 Å². The monoisotopic (exact) mass is 307 g/mol. The van der Waals surface area contributed by atoms with Gasteiger partial charge in [0.05, 0.1) is 16.4 Å². The van der Waals surface area contributed by atoms with Crippen molar-refractivity contribution in [1.82, 2.24) is 9.78 Å². The van der Waals surface area contributed by atoms with Gasteiger partial charge >= 0.3 is 0 Å². The zero-order valence-corrected chi connectivity index (χ0v) is 13.6. The van der Waals surface area contributed by atoms with E-state index in [0.29, 0.717) is 18.2 Å². The molecule has 0 bridgehead atoms. The van der Waals surface area contributed by atoms with Crippen LogP contribution in [-0.4, -0.2) is 16.3 Å². The molecular weight excluding hydrogens is 286 g/mol. The van der Waals surface area contributed by atoms with Crippen molar-refractivity contribution in [2.24, 2.45) is 12.8 Å². The number of aryl methyl sites for hydroxylation is 3. The molecule has 0 aliphatic carbocycles. The lowest BCUT2D eigenvalue weighted by atomic mass is 10.1. The number of aromatic nitrogens is 2. The summed E-state index contributed by atoms with van der Waals surface area (Å²) >= 11 is 6.35. The third-order valence-corrected chi connectivity index (χ3v) is 4.00. The van der Waals surface area contributed by atoms with Gasteiger partial charge in [-0.2, -0.15) is 5.10 Å². The van der Waals surface area contributed by atoms with Crippen LogP contribution in [0.4, 0.5) is 0 Å². The van der Waals surface area contributed by atoms with E-state index in [1.54, 1.807) is 4.68 Å². The Balaban J connectivity index is 2.22. The highest BCUT2D eigenvalue weighted by Gasteiger charge is 2.15. The van der Waals surface area contributed by atoms with Gasteiger partial charge < -0.3 is 10.5 Å². The van der Waals surface area contributed by atoms with E-state index < -0.39 is 0 Å². The van der Waals surface area contributed by atoms with Gasteiger partial charge in [0.1, 0.15) is 12.4 Å². The van der Waals surface area contributed by atoms with Crippen LogP contribution in [0.1, 0.15) is 29.4 Å². The Morgan fingerprint density at radius 1 is 1.38 bits per heavy atom. The highest BCUT2D eigenvalue weighted by atomic mass is 35.5. The van der Waals surface area contributed by atoms with Crippen LogP contribution < -0.4 is 10.5 Å². The van der Waals surface area contributed by atoms with Crippen molar-refractivity contribution >= 4 is 11.6 Å². The fourth-order valence-electron chi connectivity index (χ4n) is 2.39. The first kappa shape index (κ1) is 15.9. The second-order valence-corrected chi connectivity index (χ2v) is 5.45. The minimum Gasteiger partial charge on any atom is -0.487 e. The molecule has 0 aliphatic heterocycles. The van der Waals surface area contributed by atoms with Crippen molar-refractivity contribution in [3.05, 3.63) is 45.7 Å². The van der Waals surface area contributed by atoms with E-state index >= 15 is 0 Å². The third-order valence-electron chi connectivity index (χ3n) is 3.56. The predicted molar refractivity (Wildman–Crippen MR) is 85.9 cm³/mol. The molecule has 4 nitrogen and oxygen atoms in total. The molecule has 5 heteroatoms. The smallest absolute Gasteiger partial charge is 0.131 e. The fraction of sp³-hybridized carbons (Fsp3) is 0.438. The maximum atomic E-state index is 6.35. The van der Waals surface area contributed by atoms with Gasteiger partial charge in [-0.1, -0.05) is 36.7 Å². The van der Waals surface area contributed by atoms with Crippen molar-refractivity contribution in [1.29, 1.82) is 0 Å². The standard InChI is InChI=1S/C16H22ClN3O/c1-4-13-15(17)14(20(3)19-13)10-21-16-11(2)6-5-7-12(16)8-9-18/h5-7H,4,8-10,18H2,1-3H3. The second kappa shape index (κ2) is 6.96. The number of rotatable bonds is 6. The number of halogens is 1. The number of benzene rings is 1. The maximum absolute atomic E-state index is 6.35. The second-order valence-electron chi connectivity index (χ2n) is 5.08. The van der Waals surface area contributed by atoms with E-state index in [2.05, 4.69) is 11.2 Å². The van der Waals surface area contributed by atoms with E-state index in [9.17, 15) is 0 Å². The van der Waals surface area contributed by atoms with Gasteiger partial charge in [-0.05, 0) is 37.4 Å². The number of nitrogens with two attached hydrogens (primary N) is 1.